The maximum absolute atomic E-state index is 11.8. The molecule has 1 fully saturated rings. The van der Waals surface area contributed by atoms with Gasteiger partial charge >= 0.3 is 5.97 Å². The number of aromatic nitrogens is 1. The largest absolute Gasteiger partial charge is 0.479 e. The van der Waals surface area contributed by atoms with Crippen molar-refractivity contribution in [3.8, 4) is 0 Å². The molecule has 0 spiro atoms. The number of ether oxygens (including phenoxy) is 1. The zero-order valence-corrected chi connectivity index (χ0v) is 9.23. The Morgan fingerprint density at radius 2 is 2.35 bits per heavy atom. The van der Waals surface area contributed by atoms with Crippen LogP contribution >= 0.6 is 0 Å². The summed E-state index contributed by atoms with van der Waals surface area (Å²) >= 11 is 0. The summed E-state index contributed by atoms with van der Waals surface area (Å²) in [6.45, 7) is 1.92. The Morgan fingerprint density at radius 1 is 1.59 bits per heavy atom. The van der Waals surface area contributed by atoms with Crippen molar-refractivity contribution in [1.29, 1.82) is 0 Å². The first-order valence-electron chi connectivity index (χ1n) is 5.10. The fraction of sp³-hybridized carbons (Fsp3) is 0.500. The van der Waals surface area contributed by atoms with Crippen LogP contribution in [0.25, 0.3) is 0 Å². The smallest absolute Gasteiger partial charge is 0.331 e. The minimum absolute atomic E-state index is 0.0255. The molecule has 92 valence electrons. The van der Waals surface area contributed by atoms with Crippen LogP contribution in [0.1, 0.15) is 22.5 Å². The summed E-state index contributed by atoms with van der Waals surface area (Å²) in [6.07, 6.45) is 1.63. The molecule has 0 aromatic carbocycles. The summed E-state index contributed by atoms with van der Waals surface area (Å²) in [7, 11) is 0. The fourth-order valence-electron chi connectivity index (χ4n) is 1.67. The molecular weight excluding hydrogens is 228 g/mol. The van der Waals surface area contributed by atoms with Gasteiger partial charge in [0, 0.05) is 18.6 Å². The zero-order chi connectivity index (χ0) is 12.5. The number of rotatable bonds is 3. The van der Waals surface area contributed by atoms with Gasteiger partial charge in [0.2, 0.25) is 5.76 Å². The number of aryl methyl sites for hydroxylation is 1. The lowest BCUT2D eigenvalue weighted by molar-refractivity contribution is -0.144. The van der Waals surface area contributed by atoms with Crippen molar-refractivity contribution in [3.63, 3.8) is 0 Å². The van der Waals surface area contributed by atoms with E-state index in [1.807, 2.05) is 0 Å². The topological polar surface area (TPSA) is 102 Å². The Hall–Kier alpha value is -1.89. The molecule has 7 nitrogen and oxygen atoms in total. The number of carboxylic acids is 1. The van der Waals surface area contributed by atoms with Gasteiger partial charge in [-0.1, -0.05) is 5.16 Å². The Balaban J connectivity index is 2.17. The van der Waals surface area contributed by atoms with Gasteiger partial charge in [0.1, 0.15) is 0 Å². The number of hydrogen-bond donors (Lipinski definition) is 2. The average Bonchev–Trinajstić information content (AvgIpc) is 2.87. The zero-order valence-electron chi connectivity index (χ0n) is 9.23. The molecular formula is C10H12N2O5. The van der Waals surface area contributed by atoms with E-state index >= 15 is 0 Å². The summed E-state index contributed by atoms with van der Waals surface area (Å²) in [5.41, 5.74) is -0.807. The first-order valence-corrected chi connectivity index (χ1v) is 5.10. The lowest BCUT2D eigenvalue weighted by Gasteiger charge is -2.22. The highest BCUT2D eigenvalue weighted by atomic mass is 16.5. The van der Waals surface area contributed by atoms with Crippen LogP contribution in [-0.2, 0) is 9.53 Å². The predicted molar refractivity (Wildman–Crippen MR) is 54.5 cm³/mol. The molecule has 1 amide bonds. The van der Waals surface area contributed by atoms with Gasteiger partial charge in [0.15, 0.2) is 5.54 Å². The van der Waals surface area contributed by atoms with E-state index in [1.54, 1.807) is 6.92 Å². The third-order valence-electron chi connectivity index (χ3n) is 2.74. The molecule has 2 N–H and O–H groups in total. The Kier molecular flexibility index (Phi) is 2.84. The minimum atomic E-state index is -1.36. The normalized spacial score (nSPS) is 23.6. The van der Waals surface area contributed by atoms with Gasteiger partial charge in [-0.15, -0.1) is 0 Å². The number of carbonyl (C=O) groups excluding carboxylic acids is 1. The number of hydrogen-bond acceptors (Lipinski definition) is 5. The van der Waals surface area contributed by atoms with Crippen molar-refractivity contribution >= 4 is 11.9 Å². The van der Waals surface area contributed by atoms with Crippen LogP contribution < -0.4 is 5.32 Å². The molecule has 0 saturated carbocycles. The molecule has 2 heterocycles. The quantitative estimate of drug-likeness (QED) is 0.768. The third kappa shape index (κ3) is 2.01. The van der Waals surface area contributed by atoms with Gasteiger partial charge in [0.05, 0.1) is 12.8 Å². The second-order valence-corrected chi connectivity index (χ2v) is 3.98. The van der Waals surface area contributed by atoms with E-state index in [9.17, 15) is 9.59 Å². The average molecular weight is 240 g/mol. The second-order valence-electron chi connectivity index (χ2n) is 3.98. The number of aliphatic carboxylic acids is 1. The van der Waals surface area contributed by atoms with Crippen LogP contribution in [0.3, 0.4) is 0 Å². The van der Waals surface area contributed by atoms with Crippen molar-refractivity contribution in [1.82, 2.24) is 10.5 Å². The monoisotopic (exact) mass is 240 g/mol. The Morgan fingerprint density at radius 3 is 2.82 bits per heavy atom. The standard InChI is InChI=1S/C10H12N2O5/c1-6-4-11-17-7(6)8(13)12-10(9(14)15)2-3-16-5-10/h4H,2-3,5H2,1H3,(H,12,13)(H,14,15). The third-order valence-corrected chi connectivity index (χ3v) is 2.74. The molecule has 1 aliphatic heterocycles. The Labute approximate surface area is 96.7 Å². The summed E-state index contributed by atoms with van der Waals surface area (Å²) in [6, 6.07) is 0. The highest BCUT2D eigenvalue weighted by molar-refractivity contribution is 5.96. The Bertz CT molecular complexity index is 447. The van der Waals surface area contributed by atoms with E-state index in [2.05, 4.69) is 10.5 Å². The number of nitrogens with one attached hydrogen (secondary N) is 1. The summed E-state index contributed by atoms with van der Waals surface area (Å²) < 4.78 is 9.79. The molecule has 0 aliphatic carbocycles. The van der Waals surface area contributed by atoms with Crippen molar-refractivity contribution in [3.05, 3.63) is 17.5 Å². The fourth-order valence-corrected chi connectivity index (χ4v) is 1.67. The van der Waals surface area contributed by atoms with Crippen LogP contribution in [0.15, 0.2) is 10.7 Å². The molecule has 1 saturated heterocycles. The van der Waals surface area contributed by atoms with Crippen molar-refractivity contribution in [2.75, 3.05) is 13.2 Å². The number of nitrogens with zero attached hydrogens (tertiary/aromatic N) is 1. The van der Waals surface area contributed by atoms with E-state index < -0.39 is 17.4 Å². The number of carbonyl (C=O) groups is 2. The van der Waals surface area contributed by atoms with E-state index in [0.29, 0.717) is 12.2 Å². The molecule has 7 heteroatoms. The summed E-state index contributed by atoms with van der Waals surface area (Å²) in [5.74, 6) is -1.68. The molecule has 1 aromatic heterocycles. The SMILES string of the molecule is Cc1cnoc1C(=O)NC1(C(=O)O)CCOC1. The van der Waals surface area contributed by atoms with Crippen LogP contribution in [0.5, 0.6) is 0 Å². The van der Waals surface area contributed by atoms with Gasteiger partial charge in [-0.2, -0.15) is 0 Å². The summed E-state index contributed by atoms with van der Waals surface area (Å²) in [4.78, 5) is 23.0. The van der Waals surface area contributed by atoms with Gasteiger partial charge in [-0.25, -0.2) is 4.79 Å². The molecule has 17 heavy (non-hydrogen) atoms. The van der Waals surface area contributed by atoms with Gasteiger partial charge in [-0.3, -0.25) is 4.79 Å². The van der Waals surface area contributed by atoms with E-state index in [4.69, 9.17) is 14.4 Å². The lowest BCUT2D eigenvalue weighted by atomic mass is 9.99. The van der Waals surface area contributed by atoms with Gasteiger partial charge in [0.25, 0.3) is 5.91 Å². The maximum Gasteiger partial charge on any atom is 0.331 e. The molecule has 1 aromatic rings. The van der Waals surface area contributed by atoms with Crippen LogP contribution in [0.2, 0.25) is 0 Å². The van der Waals surface area contributed by atoms with Crippen molar-refractivity contribution in [2.45, 2.75) is 18.9 Å². The second kappa shape index (κ2) is 4.17. The van der Waals surface area contributed by atoms with E-state index in [1.165, 1.54) is 6.20 Å². The lowest BCUT2D eigenvalue weighted by Crippen LogP contribution is -2.55. The number of amides is 1. The maximum atomic E-state index is 11.8. The van der Waals surface area contributed by atoms with E-state index in [0.717, 1.165) is 0 Å². The van der Waals surface area contributed by atoms with Crippen LogP contribution in [0.4, 0.5) is 0 Å². The van der Waals surface area contributed by atoms with E-state index in [-0.39, 0.29) is 18.8 Å². The van der Waals surface area contributed by atoms with Crippen LogP contribution in [-0.4, -0.2) is 40.9 Å². The molecule has 1 aliphatic rings. The van der Waals surface area contributed by atoms with Crippen LogP contribution in [0, 0.1) is 6.92 Å². The minimum Gasteiger partial charge on any atom is -0.479 e. The predicted octanol–water partition coefficient (Wildman–Crippen LogP) is -0.0435. The highest BCUT2D eigenvalue weighted by Gasteiger charge is 2.44. The number of carboxylic acid groups (broad SMARTS) is 1. The molecule has 2 rings (SSSR count). The summed E-state index contributed by atoms with van der Waals surface area (Å²) in [5, 5.41) is 15.0. The molecule has 1 unspecified atom stereocenters. The van der Waals surface area contributed by atoms with Gasteiger partial charge in [-0.05, 0) is 6.92 Å². The molecule has 0 bridgehead atoms. The van der Waals surface area contributed by atoms with Crippen molar-refractivity contribution < 1.29 is 24.0 Å². The highest BCUT2D eigenvalue weighted by Crippen LogP contribution is 2.20. The molecule has 1 atom stereocenters. The van der Waals surface area contributed by atoms with Gasteiger partial charge < -0.3 is 19.7 Å². The first kappa shape index (κ1) is 11.6. The first-order chi connectivity index (χ1) is 8.05. The molecule has 0 radical (unpaired) electrons. The van der Waals surface area contributed by atoms with Crippen molar-refractivity contribution in [2.24, 2.45) is 0 Å².